The van der Waals surface area contributed by atoms with E-state index < -0.39 is 103 Å². The Kier molecular flexibility index (Phi) is 12.1. The fraction of sp³-hybridized carbons (Fsp3) is 0.619. The van der Waals surface area contributed by atoms with Gasteiger partial charge in [-0.25, -0.2) is 4.79 Å². The first-order chi connectivity index (χ1) is 17.6. The van der Waals surface area contributed by atoms with Crippen molar-refractivity contribution in [3.8, 4) is 0 Å². The van der Waals surface area contributed by atoms with Crippen LogP contribution >= 0.6 is 0 Å². The number of aliphatic carboxylic acids is 3. The van der Waals surface area contributed by atoms with Crippen molar-refractivity contribution in [1.82, 2.24) is 20.9 Å². The minimum absolute atomic E-state index is 0.0484. The monoisotopic (exact) mass is 544 g/mol. The van der Waals surface area contributed by atoms with E-state index in [4.69, 9.17) is 21.7 Å². The SMILES string of the molecule is CC(N)C(=O)NC(CC(=O)O)C(=O)NC(CC(N)=O)C(=O)NC(CCC(=O)O)C(=O)N1CCCC1C(=O)O. The molecule has 10 N–H and O–H groups in total. The predicted octanol–water partition coefficient (Wildman–Crippen LogP) is -3.92. The molecule has 0 aromatic rings. The molecule has 0 aromatic carbocycles. The molecule has 17 nitrogen and oxygen atoms in total. The van der Waals surface area contributed by atoms with E-state index in [1.165, 1.54) is 6.92 Å². The van der Waals surface area contributed by atoms with E-state index >= 15 is 0 Å². The Balaban J connectivity index is 3.15. The number of primary amides is 1. The number of carboxylic acid groups (broad SMARTS) is 3. The summed E-state index contributed by atoms with van der Waals surface area (Å²) in [5.74, 6) is -9.22. The minimum Gasteiger partial charge on any atom is -0.481 e. The standard InChI is InChI=1S/C21H32N6O11/c1-9(22)17(33)25-12(8-16(31)32)19(35)26-11(7-14(23)28)18(34)24-10(4-5-15(29)30)20(36)27-6-2-3-13(27)21(37)38/h9-13H,2-8,22H2,1H3,(H2,23,28)(H,24,34)(H,25,33)(H,26,35)(H,29,30)(H,31,32)(H,37,38). The Morgan fingerprint density at radius 3 is 1.84 bits per heavy atom. The second-order valence-corrected chi connectivity index (χ2v) is 8.70. The van der Waals surface area contributed by atoms with E-state index in [0.29, 0.717) is 6.42 Å². The number of hydrogen-bond donors (Lipinski definition) is 8. The summed E-state index contributed by atoms with van der Waals surface area (Å²) >= 11 is 0. The van der Waals surface area contributed by atoms with Gasteiger partial charge in [-0.15, -0.1) is 0 Å². The van der Waals surface area contributed by atoms with Gasteiger partial charge in [-0.2, -0.15) is 0 Å². The van der Waals surface area contributed by atoms with E-state index in [1.807, 2.05) is 0 Å². The second-order valence-electron chi connectivity index (χ2n) is 8.70. The first-order valence-electron chi connectivity index (χ1n) is 11.6. The molecule has 0 aromatic heterocycles. The van der Waals surface area contributed by atoms with Crippen LogP contribution in [0.2, 0.25) is 0 Å². The van der Waals surface area contributed by atoms with Gasteiger partial charge in [0.1, 0.15) is 24.2 Å². The molecule has 5 unspecified atom stereocenters. The van der Waals surface area contributed by atoms with Crippen LogP contribution in [0, 0.1) is 0 Å². The van der Waals surface area contributed by atoms with Crippen LogP contribution in [-0.2, 0) is 38.4 Å². The van der Waals surface area contributed by atoms with Gasteiger partial charge in [-0.05, 0) is 26.2 Å². The number of carboxylic acids is 3. The molecule has 5 amide bonds. The highest BCUT2D eigenvalue weighted by Gasteiger charge is 2.39. The van der Waals surface area contributed by atoms with Crippen LogP contribution in [0.1, 0.15) is 45.4 Å². The van der Waals surface area contributed by atoms with Crippen molar-refractivity contribution in [3.63, 3.8) is 0 Å². The number of carbonyl (C=O) groups excluding carboxylic acids is 5. The average molecular weight is 545 g/mol. The molecule has 1 fully saturated rings. The van der Waals surface area contributed by atoms with Crippen molar-refractivity contribution >= 4 is 47.4 Å². The molecule has 38 heavy (non-hydrogen) atoms. The third-order valence-corrected chi connectivity index (χ3v) is 5.55. The first kappa shape index (κ1) is 31.7. The van der Waals surface area contributed by atoms with Crippen molar-refractivity contribution in [1.29, 1.82) is 0 Å². The molecule has 1 aliphatic heterocycles. The van der Waals surface area contributed by atoms with Gasteiger partial charge in [0.25, 0.3) is 0 Å². The molecular weight excluding hydrogens is 512 g/mol. The van der Waals surface area contributed by atoms with Crippen LogP contribution in [0.3, 0.4) is 0 Å². The van der Waals surface area contributed by atoms with Gasteiger partial charge in [-0.3, -0.25) is 33.6 Å². The second kappa shape index (κ2) is 14.5. The molecule has 1 heterocycles. The van der Waals surface area contributed by atoms with Crippen molar-refractivity contribution in [2.75, 3.05) is 6.54 Å². The Morgan fingerprint density at radius 1 is 0.842 bits per heavy atom. The van der Waals surface area contributed by atoms with Gasteiger partial charge >= 0.3 is 17.9 Å². The number of nitrogens with one attached hydrogen (secondary N) is 3. The fourth-order valence-corrected chi connectivity index (χ4v) is 3.65. The van der Waals surface area contributed by atoms with E-state index in [2.05, 4.69) is 16.0 Å². The number of amides is 5. The van der Waals surface area contributed by atoms with Gasteiger partial charge in [-0.1, -0.05) is 0 Å². The van der Waals surface area contributed by atoms with Crippen molar-refractivity contribution < 1.29 is 53.7 Å². The van der Waals surface area contributed by atoms with Crippen LogP contribution in [0.25, 0.3) is 0 Å². The van der Waals surface area contributed by atoms with Crippen molar-refractivity contribution in [3.05, 3.63) is 0 Å². The quantitative estimate of drug-likeness (QED) is 0.0981. The number of rotatable bonds is 15. The molecule has 1 rings (SSSR count). The molecule has 5 atom stereocenters. The first-order valence-corrected chi connectivity index (χ1v) is 11.6. The molecule has 0 spiro atoms. The Bertz CT molecular complexity index is 969. The van der Waals surface area contributed by atoms with Gasteiger partial charge in [0.2, 0.25) is 29.5 Å². The smallest absolute Gasteiger partial charge is 0.326 e. The Hall–Kier alpha value is -4.28. The summed E-state index contributed by atoms with van der Waals surface area (Å²) in [5, 5.41) is 33.9. The number of carbonyl (C=O) groups is 8. The highest BCUT2D eigenvalue weighted by molar-refractivity contribution is 5.98. The lowest BCUT2D eigenvalue weighted by atomic mass is 10.1. The van der Waals surface area contributed by atoms with Crippen LogP contribution in [-0.4, -0.2) is 104 Å². The summed E-state index contributed by atoms with van der Waals surface area (Å²) in [6.07, 6.45) is -2.22. The number of nitrogens with zero attached hydrogens (tertiary/aromatic N) is 1. The third kappa shape index (κ3) is 10.00. The van der Waals surface area contributed by atoms with Crippen LogP contribution < -0.4 is 27.4 Å². The molecule has 0 radical (unpaired) electrons. The van der Waals surface area contributed by atoms with Crippen LogP contribution in [0.5, 0.6) is 0 Å². The lowest BCUT2D eigenvalue weighted by molar-refractivity contribution is -0.150. The van der Waals surface area contributed by atoms with Crippen LogP contribution in [0.15, 0.2) is 0 Å². The Labute approximate surface area is 216 Å². The molecule has 0 bridgehead atoms. The zero-order chi connectivity index (χ0) is 29.2. The molecule has 0 aliphatic carbocycles. The normalized spacial score (nSPS) is 17.8. The van der Waals surface area contributed by atoms with E-state index in [1.54, 1.807) is 0 Å². The average Bonchev–Trinajstić information content (AvgIpc) is 3.29. The molecule has 1 aliphatic rings. The third-order valence-electron chi connectivity index (χ3n) is 5.55. The molecule has 212 valence electrons. The topological polar surface area (TPSA) is 289 Å². The van der Waals surface area contributed by atoms with Gasteiger partial charge in [0, 0.05) is 13.0 Å². The summed E-state index contributed by atoms with van der Waals surface area (Å²) in [6.45, 7) is 1.32. The number of hydrogen-bond acceptors (Lipinski definition) is 9. The van der Waals surface area contributed by atoms with Crippen molar-refractivity contribution in [2.45, 2.75) is 75.7 Å². The highest BCUT2D eigenvalue weighted by Crippen LogP contribution is 2.19. The summed E-state index contributed by atoms with van der Waals surface area (Å²) in [4.78, 5) is 96.9. The van der Waals surface area contributed by atoms with E-state index in [0.717, 1.165) is 4.90 Å². The lowest BCUT2D eigenvalue weighted by Crippen LogP contribution is -2.59. The molecular formula is C21H32N6O11. The molecule has 1 saturated heterocycles. The van der Waals surface area contributed by atoms with Gasteiger partial charge < -0.3 is 47.6 Å². The van der Waals surface area contributed by atoms with Crippen LogP contribution in [0.4, 0.5) is 0 Å². The molecule has 17 heteroatoms. The lowest BCUT2D eigenvalue weighted by Gasteiger charge is -2.28. The fourth-order valence-electron chi connectivity index (χ4n) is 3.65. The maximum absolute atomic E-state index is 13.0. The predicted molar refractivity (Wildman–Crippen MR) is 125 cm³/mol. The van der Waals surface area contributed by atoms with Gasteiger partial charge in [0.15, 0.2) is 0 Å². The number of likely N-dealkylation sites (tertiary alicyclic amines) is 1. The van der Waals surface area contributed by atoms with E-state index in [-0.39, 0.29) is 13.0 Å². The highest BCUT2D eigenvalue weighted by atomic mass is 16.4. The Morgan fingerprint density at radius 2 is 1.37 bits per heavy atom. The number of nitrogens with two attached hydrogens (primary N) is 2. The minimum atomic E-state index is -1.75. The summed E-state index contributed by atoms with van der Waals surface area (Å²) < 4.78 is 0. The maximum atomic E-state index is 13.0. The zero-order valence-electron chi connectivity index (χ0n) is 20.5. The summed E-state index contributed by atoms with van der Waals surface area (Å²) in [5.41, 5.74) is 10.6. The van der Waals surface area contributed by atoms with E-state index in [9.17, 15) is 43.5 Å². The van der Waals surface area contributed by atoms with Crippen molar-refractivity contribution in [2.24, 2.45) is 11.5 Å². The zero-order valence-corrected chi connectivity index (χ0v) is 20.5. The molecule has 0 saturated carbocycles. The summed E-state index contributed by atoms with van der Waals surface area (Å²) in [6, 6.07) is -7.27. The maximum Gasteiger partial charge on any atom is 0.326 e. The van der Waals surface area contributed by atoms with Gasteiger partial charge in [0.05, 0.1) is 18.9 Å². The largest absolute Gasteiger partial charge is 0.481 e. The summed E-state index contributed by atoms with van der Waals surface area (Å²) in [7, 11) is 0.